The molecule has 19 heavy (non-hydrogen) atoms. The fourth-order valence-electron chi connectivity index (χ4n) is 1.57. The summed E-state index contributed by atoms with van der Waals surface area (Å²) in [4.78, 5) is 4.22. The Balaban J connectivity index is 1.96. The van der Waals surface area contributed by atoms with Gasteiger partial charge in [0.25, 0.3) is 0 Å². The molecule has 0 aliphatic carbocycles. The third-order valence-corrected chi connectivity index (χ3v) is 2.54. The van der Waals surface area contributed by atoms with Gasteiger partial charge in [0, 0.05) is 18.8 Å². The van der Waals surface area contributed by atoms with Crippen molar-refractivity contribution in [1.82, 2.24) is 10.3 Å². The van der Waals surface area contributed by atoms with Crippen LogP contribution in [0.25, 0.3) is 0 Å². The predicted molar refractivity (Wildman–Crippen MR) is 67.7 cm³/mol. The third-order valence-electron chi connectivity index (χ3n) is 2.54. The molecule has 0 saturated carbocycles. The number of nitrogens with zero attached hydrogens (tertiary/aromatic N) is 1. The maximum Gasteiger partial charge on any atom is 0.162 e. The largest absolute Gasteiger partial charge is 0.487 e. The summed E-state index contributed by atoms with van der Waals surface area (Å²) in [5, 5.41) is 3.02. The second kappa shape index (κ2) is 6.24. The van der Waals surface area contributed by atoms with E-state index in [-0.39, 0.29) is 12.4 Å². The maximum atomic E-state index is 13.0. The molecular formula is C14H14F2N2O. The fourth-order valence-corrected chi connectivity index (χ4v) is 1.57. The highest BCUT2D eigenvalue weighted by Crippen LogP contribution is 2.16. The van der Waals surface area contributed by atoms with Gasteiger partial charge in [0.2, 0.25) is 0 Å². The van der Waals surface area contributed by atoms with Crippen LogP contribution in [0.2, 0.25) is 0 Å². The monoisotopic (exact) mass is 264 g/mol. The van der Waals surface area contributed by atoms with E-state index in [9.17, 15) is 8.78 Å². The number of halogens is 2. The van der Waals surface area contributed by atoms with E-state index < -0.39 is 11.6 Å². The van der Waals surface area contributed by atoms with Gasteiger partial charge in [0.05, 0.1) is 5.69 Å². The summed E-state index contributed by atoms with van der Waals surface area (Å²) in [6.07, 6.45) is 1.75. The zero-order chi connectivity index (χ0) is 13.7. The maximum absolute atomic E-state index is 13.0. The van der Waals surface area contributed by atoms with Crippen LogP contribution >= 0.6 is 0 Å². The van der Waals surface area contributed by atoms with Crippen molar-refractivity contribution in [1.29, 1.82) is 0 Å². The molecule has 1 N–H and O–H groups in total. The highest BCUT2D eigenvalue weighted by atomic mass is 19.2. The van der Waals surface area contributed by atoms with E-state index in [1.807, 2.05) is 19.2 Å². The first kappa shape index (κ1) is 13.4. The fraction of sp³-hybridized carbons (Fsp3) is 0.214. The van der Waals surface area contributed by atoms with E-state index >= 15 is 0 Å². The Labute approximate surface area is 110 Å². The van der Waals surface area contributed by atoms with Crippen molar-refractivity contribution >= 4 is 0 Å². The molecule has 0 spiro atoms. The van der Waals surface area contributed by atoms with Crippen LogP contribution in [0.5, 0.6) is 5.75 Å². The van der Waals surface area contributed by atoms with Crippen molar-refractivity contribution < 1.29 is 13.5 Å². The van der Waals surface area contributed by atoms with Gasteiger partial charge in [-0.25, -0.2) is 8.78 Å². The summed E-state index contributed by atoms with van der Waals surface area (Å²) in [7, 11) is 1.86. The minimum Gasteiger partial charge on any atom is -0.487 e. The van der Waals surface area contributed by atoms with Gasteiger partial charge in [-0.15, -0.1) is 0 Å². The lowest BCUT2D eigenvalue weighted by molar-refractivity contribution is 0.298. The van der Waals surface area contributed by atoms with Crippen molar-refractivity contribution in [2.75, 3.05) is 7.05 Å². The Morgan fingerprint density at radius 3 is 2.63 bits per heavy atom. The Morgan fingerprint density at radius 2 is 2.00 bits per heavy atom. The molecule has 0 atom stereocenters. The van der Waals surface area contributed by atoms with E-state index in [2.05, 4.69) is 10.3 Å². The molecule has 3 nitrogen and oxygen atoms in total. The molecular weight excluding hydrogens is 250 g/mol. The average molecular weight is 264 g/mol. The van der Waals surface area contributed by atoms with E-state index in [0.717, 1.165) is 29.9 Å². The molecule has 1 heterocycles. The molecule has 0 bridgehead atoms. The Hall–Kier alpha value is -2.01. The van der Waals surface area contributed by atoms with E-state index in [1.54, 1.807) is 6.20 Å². The van der Waals surface area contributed by atoms with E-state index in [4.69, 9.17) is 4.74 Å². The van der Waals surface area contributed by atoms with Crippen LogP contribution in [-0.2, 0) is 13.2 Å². The Morgan fingerprint density at radius 1 is 1.16 bits per heavy atom. The molecule has 2 aromatic rings. The SMILES string of the molecule is CNCc1ccc(COc2ccc(F)c(F)c2)nc1. The highest BCUT2D eigenvalue weighted by molar-refractivity contribution is 5.24. The predicted octanol–water partition coefficient (Wildman–Crippen LogP) is 2.66. The first-order valence-electron chi connectivity index (χ1n) is 5.85. The number of nitrogens with one attached hydrogen (secondary N) is 1. The Kier molecular flexibility index (Phi) is 4.41. The molecule has 0 saturated heterocycles. The van der Waals surface area contributed by atoms with Gasteiger partial charge < -0.3 is 10.1 Å². The second-order valence-corrected chi connectivity index (χ2v) is 4.05. The van der Waals surface area contributed by atoms with Crippen LogP contribution < -0.4 is 10.1 Å². The van der Waals surface area contributed by atoms with Crippen molar-refractivity contribution in [3.05, 3.63) is 59.4 Å². The van der Waals surface area contributed by atoms with Gasteiger partial charge in [-0.2, -0.15) is 0 Å². The average Bonchev–Trinajstić information content (AvgIpc) is 2.42. The summed E-state index contributed by atoms with van der Waals surface area (Å²) in [5.41, 5.74) is 1.80. The normalized spacial score (nSPS) is 10.5. The van der Waals surface area contributed by atoms with Crippen LogP contribution in [0.1, 0.15) is 11.3 Å². The minimum atomic E-state index is -0.921. The summed E-state index contributed by atoms with van der Waals surface area (Å²) in [5.74, 6) is -1.53. The summed E-state index contributed by atoms with van der Waals surface area (Å²) < 4.78 is 31.0. The molecule has 0 amide bonds. The zero-order valence-electron chi connectivity index (χ0n) is 10.5. The van der Waals surface area contributed by atoms with Crippen molar-refractivity contribution in [2.45, 2.75) is 13.2 Å². The molecule has 0 aliphatic heterocycles. The highest BCUT2D eigenvalue weighted by Gasteiger charge is 2.04. The molecule has 1 aromatic heterocycles. The van der Waals surface area contributed by atoms with E-state index in [0.29, 0.717) is 0 Å². The molecule has 2 rings (SSSR count). The first-order chi connectivity index (χ1) is 9.19. The zero-order valence-corrected chi connectivity index (χ0v) is 10.5. The number of pyridine rings is 1. The lowest BCUT2D eigenvalue weighted by Crippen LogP contribution is -2.06. The van der Waals surface area contributed by atoms with Crippen LogP contribution in [-0.4, -0.2) is 12.0 Å². The standard InChI is InChI=1S/C14H14F2N2O/c1-17-7-10-2-3-11(18-8-10)9-19-12-4-5-13(15)14(16)6-12/h2-6,8,17H,7,9H2,1H3. The van der Waals surface area contributed by atoms with Gasteiger partial charge in [0.1, 0.15) is 12.4 Å². The summed E-state index contributed by atoms with van der Waals surface area (Å²) in [6, 6.07) is 7.21. The topological polar surface area (TPSA) is 34.1 Å². The van der Waals surface area contributed by atoms with Crippen LogP contribution in [0, 0.1) is 11.6 Å². The van der Waals surface area contributed by atoms with Gasteiger partial charge in [-0.1, -0.05) is 6.07 Å². The van der Waals surface area contributed by atoms with Crippen molar-refractivity contribution in [3.8, 4) is 5.75 Å². The lowest BCUT2D eigenvalue weighted by Gasteiger charge is -2.07. The smallest absolute Gasteiger partial charge is 0.162 e. The third kappa shape index (κ3) is 3.72. The molecule has 5 heteroatoms. The summed E-state index contributed by atoms with van der Waals surface area (Å²) >= 11 is 0. The van der Waals surface area contributed by atoms with Crippen molar-refractivity contribution in [3.63, 3.8) is 0 Å². The molecule has 0 radical (unpaired) electrons. The molecule has 0 unspecified atom stereocenters. The molecule has 100 valence electrons. The number of ether oxygens (including phenoxy) is 1. The van der Waals surface area contributed by atoms with Crippen LogP contribution in [0.15, 0.2) is 36.5 Å². The lowest BCUT2D eigenvalue weighted by atomic mass is 10.2. The number of hydrogen-bond acceptors (Lipinski definition) is 3. The number of benzene rings is 1. The van der Waals surface area contributed by atoms with Crippen molar-refractivity contribution in [2.24, 2.45) is 0 Å². The van der Waals surface area contributed by atoms with Gasteiger partial charge in [0.15, 0.2) is 11.6 Å². The van der Waals surface area contributed by atoms with Gasteiger partial charge in [-0.05, 0) is 30.8 Å². The number of rotatable bonds is 5. The number of aromatic nitrogens is 1. The Bertz CT molecular complexity index is 544. The van der Waals surface area contributed by atoms with Crippen LogP contribution in [0.4, 0.5) is 8.78 Å². The molecule has 0 fully saturated rings. The number of hydrogen-bond donors (Lipinski definition) is 1. The first-order valence-corrected chi connectivity index (χ1v) is 5.85. The second-order valence-electron chi connectivity index (χ2n) is 4.05. The van der Waals surface area contributed by atoms with E-state index in [1.165, 1.54) is 6.07 Å². The van der Waals surface area contributed by atoms with Gasteiger partial charge in [-0.3, -0.25) is 4.98 Å². The molecule has 1 aromatic carbocycles. The van der Waals surface area contributed by atoms with Gasteiger partial charge >= 0.3 is 0 Å². The minimum absolute atomic E-state index is 0.213. The van der Waals surface area contributed by atoms with Crippen LogP contribution in [0.3, 0.4) is 0 Å². The molecule has 0 aliphatic rings. The quantitative estimate of drug-likeness (QED) is 0.901. The summed E-state index contributed by atoms with van der Waals surface area (Å²) in [6.45, 7) is 0.961.